The normalized spacial score (nSPS) is 24.7. The first-order valence-corrected chi connectivity index (χ1v) is 5.16. The maximum Gasteiger partial charge on any atom is 0.324 e. The zero-order chi connectivity index (χ0) is 8.65. The van der Waals surface area contributed by atoms with Gasteiger partial charge in [0, 0.05) is 16.8 Å². The summed E-state index contributed by atoms with van der Waals surface area (Å²) in [6.07, 6.45) is 2.66. The van der Waals surface area contributed by atoms with Crippen LogP contribution in [0, 0.1) is 0 Å². The van der Waals surface area contributed by atoms with Gasteiger partial charge in [0.25, 0.3) is 5.91 Å². The van der Waals surface area contributed by atoms with Crippen molar-refractivity contribution in [3.63, 3.8) is 0 Å². The average molecular weight is 196 g/mol. The van der Waals surface area contributed by atoms with E-state index in [2.05, 4.69) is 0 Å². The first kappa shape index (κ1) is 8.55. The maximum atomic E-state index is 10.8. The summed E-state index contributed by atoms with van der Waals surface area (Å²) in [4.78, 5) is 10.8. The molecule has 0 spiro atoms. The summed E-state index contributed by atoms with van der Waals surface area (Å²) >= 11 is 0. The van der Waals surface area contributed by atoms with E-state index in [0.717, 1.165) is 0 Å². The Labute approximate surface area is 69.0 Å². The molecule has 6 heteroatoms. The number of nitrogens with zero attached hydrogens (tertiary/aromatic N) is 1. The Morgan fingerprint density at radius 3 is 2.36 bits per heavy atom. The maximum absolute atomic E-state index is 10.8. The summed E-state index contributed by atoms with van der Waals surface area (Å²) in [6.45, 7) is 1.57. The first-order valence-electron chi connectivity index (χ1n) is 2.89. The molecular formula is C5H6ClNO3S. The standard InChI is InChI=1S/C5H6ClNO3S/c1-4-2-3-5(8)7(4)11(6,9)10/h2-4H,1H3. The molecule has 0 aromatic carbocycles. The van der Waals surface area contributed by atoms with E-state index in [9.17, 15) is 13.2 Å². The third-order valence-corrected chi connectivity index (χ3v) is 2.77. The molecule has 0 aliphatic carbocycles. The van der Waals surface area contributed by atoms with E-state index in [4.69, 9.17) is 10.7 Å². The van der Waals surface area contributed by atoms with E-state index in [0.29, 0.717) is 4.31 Å². The van der Waals surface area contributed by atoms with Crippen LogP contribution in [0.25, 0.3) is 0 Å². The Bertz CT molecular complexity index is 308. The monoisotopic (exact) mass is 195 g/mol. The molecule has 11 heavy (non-hydrogen) atoms. The molecule has 0 fully saturated rings. The molecular weight excluding hydrogens is 190 g/mol. The van der Waals surface area contributed by atoms with Gasteiger partial charge >= 0.3 is 9.24 Å². The minimum Gasteiger partial charge on any atom is -0.269 e. The van der Waals surface area contributed by atoms with Gasteiger partial charge in [-0.25, -0.2) is 4.31 Å². The van der Waals surface area contributed by atoms with Gasteiger partial charge in [0.1, 0.15) is 0 Å². The topological polar surface area (TPSA) is 54.5 Å². The van der Waals surface area contributed by atoms with E-state index < -0.39 is 21.2 Å². The molecule has 0 radical (unpaired) electrons. The van der Waals surface area contributed by atoms with Crippen LogP contribution >= 0.6 is 10.7 Å². The van der Waals surface area contributed by atoms with Crippen molar-refractivity contribution in [2.24, 2.45) is 0 Å². The van der Waals surface area contributed by atoms with Gasteiger partial charge in [0.05, 0.1) is 6.04 Å². The van der Waals surface area contributed by atoms with Gasteiger partial charge in [0.2, 0.25) is 0 Å². The second kappa shape index (κ2) is 2.49. The van der Waals surface area contributed by atoms with Gasteiger partial charge in [-0.15, -0.1) is 0 Å². The fourth-order valence-corrected chi connectivity index (χ4v) is 2.20. The summed E-state index contributed by atoms with van der Waals surface area (Å²) < 4.78 is 22.0. The lowest BCUT2D eigenvalue weighted by atomic mass is 10.4. The van der Waals surface area contributed by atoms with Crippen LogP contribution in [-0.4, -0.2) is 24.7 Å². The fourth-order valence-electron chi connectivity index (χ4n) is 0.880. The SMILES string of the molecule is CC1C=CC(=O)N1S(=O)(=O)Cl. The number of halogens is 1. The van der Waals surface area contributed by atoms with Gasteiger partial charge in [-0.3, -0.25) is 4.79 Å². The highest BCUT2D eigenvalue weighted by Gasteiger charge is 2.31. The van der Waals surface area contributed by atoms with Crippen LogP contribution in [0.2, 0.25) is 0 Å². The molecule has 0 saturated heterocycles. The van der Waals surface area contributed by atoms with Crippen molar-refractivity contribution < 1.29 is 13.2 Å². The van der Waals surface area contributed by atoms with E-state index in [1.807, 2.05) is 0 Å². The molecule has 0 aromatic heterocycles. The lowest BCUT2D eigenvalue weighted by Crippen LogP contribution is -2.34. The van der Waals surface area contributed by atoms with Gasteiger partial charge in [0.15, 0.2) is 0 Å². The van der Waals surface area contributed by atoms with E-state index in [1.165, 1.54) is 12.2 Å². The predicted molar refractivity (Wildman–Crippen MR) is 40.2 cm³/mol. The van der Waals surface area contributed by atoms with Gasteiger partial charge in [-0.05, 0) is 6.92 Å². The Kier molecular flexibility index (Phi) is 1.94. The number of hydrogen-bond donors (Lipinski definition) is 0. The van der Waals surface area contributed by atoms with Crippen molar-refractivity contribution in [1.29, 1.82) is 0 Å². The second-order valence-corrected chi connectivity index (χ2v) is 4.56. The van der Waals surface area contributed by atoms with Crippen molar-refractivity contribution in [3.8, 4) is 0 Å². The number of amides is 1. The van der Waals surface area contributed by atoms with E-state index >= 15 is 0 Å². The second-order valence-electron chi connectivity index (χ2n) is 2.18. The molecule has 1 heterocycles. The Morgan fingerprint density at radius 1 is 1.64 bits per heavy atom. The molecule has 4 nitrogen and oxygen atoms in total. The Balaban J connectivity index is 3.01. The van der Waals surface area contributed by atoms with Gasteiger partial charge in [-0.2, -0.15) is 8.42 Å². The highest BCUT2D eigenvalue weighted by Crippen LogP contribution is 2.17. The number of carbonyl (C=O) groups is 1. The van der Waals surface area contributed by atoms with Crippen LogP contribution < -0.4 is 0 Å². The highest BCUT2D eigenvalue weighted by molar-refractivity contribution is 8.12. The number of rotatable bonds is 1. The summed E-state index contributed by atoms with van der Waals surface area (Å²) in [5.74, 6) is -0.590. The molecule has 0 aromatic rings. The Hall–Kier alpha value is -0.550. The minimum absolute atomic E-state index is 0.468. The predicted octanol–water partition coefficient (Wildman–Crippen LogP) is 0.257. The number of hydrogen-bond acceptors (Lipinski definition) is 3. The molecule has 62 valence electrons. The molecule has 0 saturated carbocycles. The quantitative estimate of drug-likeness (QED) is 0.564. The lowest BCUT2D eigenvalue weighted by molar-refractivity contribution is -0.121. The summed E-state index contributed by atoms with van der Waals surface area (Å²) in [5, 5.41) is 0. The molecule has 1 aliphatic heterocycles. The van der Waals surface area contributed by atoms with Gasteiger partial charge in [-0.1, -0.05) is 6.08 Å². The zero-order valence-electron chi connectivity index (χ0n) is 5.69. The van der Waals surface area contributed by atoms with Gasteiger partial charge < -0.3 is 0 Å². The summed E-state index contributed by atoms with van der Waals surface area (Å²) in [5.41, 5.74) is 0. The smallest absolute Gasteiger partial charge is 0.269 e. The van der Waals surface area contributed by atoms with Crippen LogP contribution in [0.5, 0.6) is 0 Å². The zero-order valence-corrected chi connectivity index (χ0v) is 7.26. The van der Waals surface area contributed by atoms with Crippen molar-refractivity contribution in [3.05, 3.63) is 12.2 Å². The fraction of sp³-hybridized carbons (Fsp3) is 0.400. The van der Waals surface area contributed by atoms with E-state index in [-0.39, 0.29) is 0 Å². The molecule has 0 N–H and O–H groups in total. The third kappa shape index (κ3) is 1.54. The van der Waals surface area contributed by atoms with Crippen molar-refractivity contribution in [1.82, 2.24) is 4.31 Å². The minimum atomic E-state index is -3.91. The van der Waals surface area contributed by atoms with Crippen LogP contribution in [-0.2, 0) is 14.0 Å². The largest absolute Gasteiger partial charge is 0.324 e. The average Bonchev–Trinajstić information content (AvgIpc) is 2.08. The Morgan fingerprint density at radius 2 is 2.18 bits per heavy atom. The molecule has 0 bridgehead atoms. The highest BCUT2D eigenvalue weighted by atomic mass is 35.7. The third-order valence-electron chi connectivity index (χ3n) is 1.34. The van der Waals surface area contributed by atoms with Crippen molar-refractivity contribution >= 4 is 25.8 Å². The van der Waals surface area contributed by atoms with Crippen LogP contribution in [0.3, 0.4) is 0 Å². The molecule has 1 unspecified atom stereocenters. The number of carbonyl (C=O) groups excluding carboxylic acids is 1. The molecule has 1 amide bonds. The lowest BCUT2D eigenvalue weighted by Gasteiger charge is -2.15. The van der Waals surface area contributed by atoms with Crippen LogP contribution in [0.4, 0.5) is 0 Å². The van der Waals surface area contributed by atoms with E-state index in [1.54, 1.807) is 6.92 Å². The van der Waals surface area contributed by atoms with Crippen molar-refractivity contribution in [2.45, 2.75) is 13.0 Å². The van der Waals surface area contributed by atoms with Crippen molar-refractivity contribution in [2.75, 3.05) is 0 Å². The van der Waals surface area contributed by atoms with Crippen LogP contribution in [0.1, 0.15) is 6.92 Å². The molecule has 1 rings (SSSR count). The van der Waals surface area contributed by atoms with Crippen LogP contribution in [0.15, 0.2) is 12.2 Å². The molecule has 1 aliphatic rings. The summed E-state index contributed by atoms with van der Waals surface area (Å²) in [7, 11) is 1.06. The molecule has 1 atom stereocenters. The first-order chi connectivity index (χ1) is 4.93. The summed E-state index contributed by atoms with van der Waals surface area (Å²) in [6, 6.07) is -0.468.